The van der Waals surface area contributed by atoms with Crippen LogP contribution < -0.4 is 0 Å². The molecular weight excluding hydrogens is 246 g/mol. The van der Waals surface area contributed by atoms with Crippen LogP contribution in [0.2, 0.25) is 0 Å². The lowest BCUT2D eigenvalue weighted by Gasteiger charge is -2.24. The van der Waals surface area contributed by atoms with E-state index in [4.69, 9.17) is 0 Å². The van der Waals surface area contributed by atoms with Gasteiger partial charge in [-0.2, -0.15) is 5.10 Å². The number of carbonyl (C=O) groups excluding carboxylic acids is 1. The van der Waals surface area contributed by atoms with Gasteiger partial charge in [-0.1, -0.05) is 6.07 Å². The van der Waals surface area contributed by atoms with Crippen LogP contribution in [-0.2, 0) is 6.42 Å². The molecule has 4 nitrogen and oxygen atoms in total. The summed E-state index contributed by atoms with van der Waals surface area (Å²) in [5.41, 5.74) is 1.46. The smallest absolute Gasteiger partial charge is 0.257 e. The topological polar surface area (TPSA) is 49.0 Å². The molecular formula is C13H17N3OS. The van der Waals surface area contributed by atoms with Gasteiger partial charge in [0.1, 0.15) is 0 Å². The maximum absolute atomic E-state index is 12.3. The molecule has 0 saturated carbocycles. The molecule has 1 amide bonds. The summed E-state index contributed by atoms with van der Waals surface area (Å²) in [6.07, 6.45) is 2.48. The Morgan fingerprint density at radius 1 is 1.61 bits per heavy atom. The molecule has 1 N–H and O–H groups in total. The minimum Gasteiger partial charge on any atom is -0.339 e. The summed E-state index contributed by atoms with van der Waals surface area (Å²) in [6.45, 7) is 3.92. The van der Waals surface area contributed by atoms with Crippen LogP contribution in [0.15, 0.2) is 23.7 Å². The third kappa shape index (κ3) is 2.61. The summed E-state index contributed by atoms with van der Waals surface area (Å²) >= 11 is 1.72. The van der Waals surface area contributed by atoms with Crippen molar-refractivity contribution in [2.75, 3.05) is 7.05 Å². The van der Waals surface area contributed by atoms with Crippen molar-refractivity contribution in [3.63, 3.8) is 0 Å². The number of rotatable bonds is 4. The quantitative estimate of drug-likeness (QED) is 0.921. The highest BCUT2D eigenvalue weighted by Crippen LogP contribution is 2.15. The zero-order valence-electron chi connectivity index (χ0n) is 10.8. The number of hydrogen-bond donors (Lipinski definition) is 1. The number of nitrogens with one attached hydrogen (secondary N) is 1. The molecule has 0 aromatic carbocycles. The first kappa shape index (κ1) is 12.8. The Morgan fingerprint density at radius 3 is 2.94 bits per heavy atom. The van der Waals surface area contributed by atoms with Gasteiger partial charge in [-0.15, -0.1) is 11.3 Å². The average Bonchev–Trinajstić information content (AvgIpc) is 2.98. The number of likely N-dealkylation sites (N-methyl/N-ethyl adjacent to an activating group) is 1. The number of carbonyl (C=O) groups is 1. The molecule has 2 aromatic heterocycles. The van der Waals surface area contributed by atoms with E-state index >= 15 is 0 Å². The van der Waals surface area contributed by atoms with E-state index in [0.717, 1.165) is 12.1 Å². The van der Waals surface area contributed by atoms with Crippen molar-refractivity contribution in [1.82, 2.24) is 15.1 Å². The van der Waals surface area contributed by atoms with E-state index in [1.807, 2.05) is 20.0 Å². The molecule has 1 atom stereocenters. The summed E-state index contributed by atoms with van der Waals surface area (Å²) in [6, 6.07) is 4.31. The molecule has 0 saturated heterocycles. The molecule has 1 unspecified atom stereocenters. The van der Waals surface area contributed by atoms with Gasteiger partial charge in [-0.05, 0) is 25.3 Å². The number of hydrogen-bond acceptors (Lipinski definition) is 3. The van der Waals surface area contributed by atoms with Crippen LogP contribution in [0, 0.1) is 6.92 Å². The van der Waals surface area contributed by atoms with Crippen molar-refractivity contribution < 1.29 is 4.79 Å². The first-order valence-corrected chi connectivity index (χ1v) is 6.77. The van der Waals surface area contributed by atoms with Crippen LogP contribution in [0.5, 0.6) is 0 Å². The highest BCUT2D eigenvalue weighted by Gasteiger charge is 2.20. The molecule has 2 aromatic rings. The molecule has 0 aliphatic rings. The Hall–Kier alpha value is -1.62. The van der Waals surface area contributed by atoms with E-state index in [0.29, 0.717) is 5.56 Å². The number of thiophene rings is 1. The van der Waals surface area contributed by atoms with Crippen LogP contribution in [0.3, 0.4) is 0 Å². The van der Waals surface area contributed by atoms with Gasteiger partial charge in [0.2, 0.25) is 0 Å². The van der Waals surface area contributed by atoms with Crippen molar-refractivity contribution in [2.24, 2.45) is 0 Å². The second-order valence-corrected chi connectivity index (χ2v) is 5.49. The Balaban J connectivity index is 2.05. The fraction of sp³-hybridized carbons (Fsp3) is 0.385. The minimum atomic E-state index is 0.0188. The van der Waals surface area contributed by atoms with Gasteiger partial charge in [0.05, 0.1) is 11.8 Å². The van der Waals surface area contributed by atoms with Crippen LogP contribution >= 0.6 is 11.3 Å². The predicted octanol–water partition coefficient (Wildman–Crippen LogP) is 2.48. The number of H-pyrrole nitrogens is 1. The van der Waals surface area contributed by atoms with Gasteiger partial charge in [0.15, 0.2) is 0 Å². The summed E-state index contributed by atoms with van der Waals surface area (Å²) in [5, 5.41) is 8.74. The lowest BCUT2D eigenvalue weighted by molar-refractivity contribution is 0.0743. The number of aromatic nitrogens is 2. The number of aromatic amines is 1. The Morgan fingerprint density at radius 2 is 2.39 bits per heavy atom. The van der Waals surface area contributed by atoms with Gasteiger partial charge in [-0.3, -0.25) is 9.89 Å². The Kier molecular flexibility index (Phi) is 3.81. The van der Waals surface area contributed by atoms with Crippen molar-refractivity contribution in [3.05, 3.63) is 39.8 Å². The average molecular weight is 263 g/mol. The molecule has 0 spiro atoms. The molecule has 5 heteroatoms. The van der Waals surface area contributed by atoms with Gasteiger partial charge >= 0.3 is 0 Å². The van der Waals surface area contributed by atoms with E-state index in [9.17, 15) is 4.79 Å². The molecule has 0 aliphatic heterocycles. The molecule has 0 bridgehead atoms. The maximum atomic E-state index is 12.3. The number of nitrogens with zero attached hydrogens (tertiary/aromatic N) is 2. The van der Waals surface area contributed by atoms with Crippen molar-refractivity contribution in [3.8, 4) is 0 Å². The summed E-state index contributed by atoms with van der Waals surface area (Å²) in [5.74, 6) is 0.0188. The second-order valence-electron chi connectivity index (χ2n) is 4.46. The monoisotopic (exact) mass is 263 g/mol. The first-order valence-electron chi connectivity index (χ1n) is 5.89. The summed E-state index contributed by atoms with van der Waals surface area (Å²) in [4.78, 5) is 15.3. The van der Waals surface area contributed by atoms with E-state index in [1.165, 1.54) is 4.88 Å². The normalized spacial score (nSPS) is 12.4. The van der Waals surface area contributed by atoms with Crippen LogP contribution in [0.25, 0.3) is 0 Å². The van der Waals surface area contributed by atoms with E-state index in [-0.39, 0.29) is 11.9 Å². The van der Waals surface area contributed by atoms with E-state index in [1.54, 1.807) is 22.4 Å². The zero-order chi connectivity index (χ0) is 13.1. The summed E-state index contributed by atoms with van der Waals surface area (Å²) < 4.78 is 0. The highest BCUT2D eigenvalue weighted by atomic mass is 32.1. The SMILES string of the molecule is Cc1[nH]ncc1C(=O)N(C)C(C)Cc1cccs1. The van der Waals surface area contributed by atoms with Crippen molar-refractivity contribution >= 4 is 17.2 Å². The first-order chi connectivity index (χ1) is 8.59. The summed E-state index contributed by atoms with van der Waals surface area (Å²) in [7, 11) is 1.84. The van der Waals surface area contributed by atoms with Gasteiger partial charge < -0.3 is 4.90 Å². The molecule has 0 fully saturated rings. The fourth-order valence-corrected chi connectivity index (χ4v) is 2.64. The molecule has 2 heterocycles. The third-order valence-corrected chi connectivity index (χ3v) is 4.02. The number of amides is 1. The fourth-order valence-electron chi connectivity index (χ4n) is 1.81. The molecule has 0 aliphatic carbocycles. The van der Waals surface area contributed by atoms with E-state index in [2.05, 4.69) is 28.6 Å². The van der Waals surface area contributed by atoms with Crippen molar-refractivity contribution in [2.45, 2.75) is 26.3 Å². The molecule has 18 heavy (non-hydrogen) atoms. The molecule has 0 radical (unpaired) electrons. The largest absolute Gasteiger partial charge is 0.339 e. The van der Waals surface area contributed by atoms with Crippen molar-refractivity contribution in [1.29, 1.82) is 0 Å². The molecule has 96 valence electrons. The second kappa shape index (κ2) is 5.35. The Bertz CT molecular complexity index is 518. The van der Waals surface area contributed by atoms with E-state index < -0.39 is 0 Å². The maximum Gasteiger partial charge on any atom is 0.257 e. The van der Waals surface area contributed by atoms with Gasteiger partial charge in [-0.25, -0.2) is 0 Å². The number of aryl methyl sites for hydroxylation is 1. The highest BCUT2D eigenvalue weighted by molar-refractivity contribution is 7.09. The van der Waals surface area contributed by atoms with Gasteiger partial charge in [0.25, 0.3) is 5.91 Å². The Labute approximate surface area is 111 Å². The van der Waals surface area contributed by atoms with Gasteiger partial charge in [0, 0.05) is 30.1 Å². The lowest BCUT2D eigenvalue weighted by atomic mass is 10.1. The van der Waals surface area contributed by atoms with Crippen LogP contribution in [-0.4, -0.2) is 34.1 Å². The standard InChI is InChI=1S/C13H17N3OS/c1-9(7-11-5-4-6-18-11)16(3)13(17)12-8-14-15-10(12)2/h4-6,8-9H,7H2,1-3H3,(H,14,15). The third-order valence-electron chi connectivity index (χ3n) is 3.12. The minimum absolute atomic E-state index is 0.0188. The predicted molar refractivity (Wildman–Crippen MR) is 72.9 cm³/mol. The van der Waals surface area contributed by atoms with Crippen LogP contribution in [0.1, 0.15) is 27.9 Å². The molecule has 2 rings (SSSR count). The lowest BCUT2D eigenvalue weighted by Crippen LogP contribution is -2.36. The zero-order valence-corrected chi connectivity index (χ0v) is 11.6. The van der Waals surface area contributed by atoms with Crippen LogP contribution in [0.4, 0.5) is 0 Å².